The van der Waals surface area contributed by atoms with Crippen molar-refractivity contribution < 1.29 is 9.53 Å². The van der Waals surface area contributed by atoms with Gasteiger partial charge in [0.15, 0.2) is 0 Å². The highest BCUT2D eigenvalue weighted by molar-refractivity contribution is 5.94. The second kappa shape index (κ2) is 7.31. The molecule has 1 unspecified atom stereocenters. The van der Waals surface area contributed by atoms with E-state index in [0.717, 1.165) is 30.5 Å². The fourth-order valence-electron chi connectivity index (χ4n) is 3.81. The second-order valence-corrected chi connectivity index (χ2v) is 6.93. The second-order valence-electron chi connectivity index (χ2n) is 6.93. The van der Waals surface area contributed by atoms with Crippen LogP contribution < -0.4 is 0 Å². The third kappa shape index (κ3) is 3.71. The van der Waals surface area contributed by atoms with Crippen LogP contribution >= 0.6 is 0 Å². The molecule has 0 bridgehead atoms. The third-order valence-corrected chi connectivity index (χ3v) is 5.11. The quantitative estimate of drug-likeness (QED) is 0.862. The molecular weight excluding hydrogens is 314 g/mol. The average molecular weight is 337 g/mol. The van der Waals surface area contributed by atoms with Crippen LogP contribution in [-0.4, -0.2) is 47.1 Å². The Kier molecular flexibility index (Phi) is 4.74. The zero-order valence-electron chi connectivity index (χ0n) is 14.4. The van der Waals surface area contributed by atoms with E-state index in [0.29, 0.717) is 26.3 Å². The minimum absolute atomic E-state index is 0.118. The van der Waals surface area contributed by atoms with E-state index in [2.05, 4.69) is 22.1 Å². The van der Waals surface area contributed by atoms with Gasteiger partial charge in [-0.15, -0.1) is 0 Å². The van der Waals surface area contributed by atoms with Crippen molar-refractivity contribution in [2.75, 3.05) is 26.3 Å². The minimum Gasteiger partial charge on any atom is -0.379 e. The van der Waals surface area contributed by atoms with Crippen molar-refractivity contribution in [2.45, 2.75) is 25.7 Å². The first kappa shape index (κ1) is 16.2. The predicted molar refractivity (Wildman–Crippen MR) is 94.4 cm³/mol. The van der Waals surface area contributed by atoms with E-state index in [1.54, 1.807) is 12.5 Å². The zero-order valence-corrected chi connectivity index (χ0v) is 14.4. The average Bonchev–Trinajstić information content (AvgIpc) is 3.00. The van der Waals surface area contributed by atoms with E-state index >= 15 is 0 Å². The topological polar surface area (TPSA) is 55.3 Å². The Morgan fingerprint density at radius 3 is 3.04 bits per heavy atom. The molecule has 1 atom stereocenters. The number of carbonyl (C=O) groups excluding carboxylic acids is 1. The Hall–Kier alpha value is -2.27. The summed E-state index contributed by atoms with van der Waals surface area (Å²) in [4.78, 5) is 23.2. The molecule has 0 saturated carbocycles. The van der Waals surface area contributed by atoms with Crippen molar-refractivity contribution in [1.29, 1.82) is 0 Å². The van der Waals surface area contributed by atoms with E-state index in [9.17, 15) is 4.79 Å². The van der Waals surface area contributed by atoms with Crippen molar-refractivity contribution in [2.24, 2.45) is 5.92 Å². The highest BCUT2D eigenvalue weighted by atomic mass is 16.5. The molecule has 2 heterocycles. The molecule has 5 heteroatoms. The number of aromatic nitrogens is 2. The number of rotatable bonds is 3. The Balaban J connectivity index is 1.47. The lowest BCUT2D eigenvalue weighted by Crippen LogP contribution is -2.36. The summed E-state index contributed by atoms with van der Waals surface area (Å²) in [5.74, 6) is 0.378. The zero-order chi connectivity index (χ0) is 17.1. The number of ether oxygens (including phenoxy) is 1. The molecule has 130 valence electrons. The van der Waals surface area contributed by atoms with Crippen LogP contribution in [-0.2, 0) is 24.0 Å². The van der Waals surface area contributed by atoms with Gasteiger partial charge in [0.25, 0.3) is 5.91 Å². The van der Waals surface area contributed by atoms with Crippen LogP contribution in [0.2, 0.25) is 0 Å². The SMILES string of the molecule is O=C(c1ccc2c(c1)CCC2)N1CCOCC(Cc2ccncn2)C1. The van der Waals surface area contributed by atoms with Gasteiger partial charge >= 0.3 is 0 Å². The fraction of sp³-hybridized carbons (Fsp3) is 0.450. The maximum absolute atomic E-state index is 13.0. The molecule has 0 N–H and O–H groups in total. The minimum atomic E-state index is 0.118. The predicted octanol–water partition coefficient (Wildman–Crippen LogP) is 2.30. The molecule has 4 rings (SSSR count). The fourth-order valence-corrected chi connectivity index (χ4v) is 3.81. The van der Waals surface area contributed by atoms with Crippen LogP contribution in [0.25, 0.3) is 0 Å². The van der Waals surface area contributed by atoms with E-state index in [1.165, 1.54) is 17.5 Å². The lowest BCUT2D eigenvalue weighted by Gasteiger charge is -2.24. The summed E-state index contributed by atoms with van der Waals surface area (Å²) in [7, 11) is 0. The highest BCUT2D eigenvalue weighted by Gasteiger charge is 2.25. The lowest BCUT2D eigenvalue weighted by molar-refractivity contribution is 0.0737. The van der Waals surface area contributed by atoms with E-state index < -0.39 is 0 Å². The summed E-state index contributed by atoms with van der Waals surface area (Å²) in [5, 5.41) is 0. The Morgan fingerprint density at radius 1 is 1.24 bits per heavy atom. The lowest BCUT2D eigenvalue weighted by atomic mass is 10.0. The maximum atomic E-state index is 13.0. The Labute approximate surface area is 148 Å². The molecule has 1 aromatic heterocycles. The van der Waals surface area contributed by atoms with Crippen LogP contribution in [0.4, 0.5) is 0 Å². The van der Waals surface area contributed by atoms with E-state index in [-0.39, 0.29) is 11.8 Å². The van der Waals surface area contributed by atoms with Crippen molar-refractivity contribution in [3.8, 4) is 0 Å². The van der Waals surface area contributed by atoms with Gasteiger partial charge in [0, 0.05) is 36.5 Å². The van der Waals surface area contributed by atoms with Gasteiger partial charge in [-0.25, -0.2) is 9.97 Å². The van der Waals surface area contributed by atoms with Gasteiger partial charge in [-0.05, 0) is 55.0 Å². The van der Waals surface area contributed by atoms with Gasteiger partial charge in [-0.1, -0.05) is 6.07 Å². The molecule has 2 aromatic rings. The largest absolute Gasteiger partial charge is 0.379 e. The molecule has 1 saturated heterocycles. The first-order chi connectivity index (χ1) is 12.3. The molecule has 1 fully saturated rings. The van der Waals surface area contributed by atoms with E-state index in [4.69, 9.17) is 4.74 Å². The van der Waals surface area contributed by atoms with Crippen LogP contribution in [0.3, 0.4) is 0 Å². The van der Waals surface area contributed by atoms with Gasteiger partial charge in [0.1, 0.15) is 6.33 Å². The van der Waals surface area contributed by atoms with Crippen LogP contribution in [0.15, 0.2) is 36.8 Å². The van der Waals surface area contributed by atoms with Crippen LogP contribution in [0.5, 0.6) is 0 Å². The molecular formula is C20H23N3O2. The standard InChI is InChI=1S/C20H23N3O2/c24-20(18-5-4-16-2-1-3-17(16)11-18)23-8-9-25-13-15(12-23)10-19-6-7-21-14-22-19/h4-7,11,14-15H,1-3,8-10,12-13H2. The smallest absolute Gasteiger partial charge is 0.253 e. The third-order valence-electron chi connectivity index (χ3n) is 5.11. The molecule has 2 aliphatic rings. The number of hydrogen-bond donors (Lipinski definition) is 0. The molecule has 25 heavy (non-hydrogen) atoms. The molecule has 5 nitrogen and oxygen atoms in total. The molecule has 0 radical (unpaired) electrons. The number of hydrogen-bond acceptors (Lipinski definition) is 4. The summed E-state index contributed by atoms with van der Waals surface area (Å²) in [6.07, 6.45) is 7.56. The van der Waals surface area contributed by atoms with Crippen LogP contribution in [0, 0.1) is 5.92 Å². The number of amides is 1. The number of benzene rings is 1. The number of nitrogens with zero attached hydrogens (tertiary/aromatic N) is 3. The number of aryl methyl sites for hydroxylation is 2. The highest BCUT2D eigenvalue weighted by Crippen LogP contribution is 2.24. The number of carbonyl (C=O) groups is 1. The summed E-state index contributed by atoms with van der Waals surface area (Å²) < 4.78 is 5.73. The summed E-state index contributed by atoms with van der Waals surface area (Å²) >= 11 is 0. The van der Waals surface area contributed by atoms with Crippen molar-refractivity contribution in [1.82, 2.24) is 14.9 Å². The molecule has 1 amide bonds. The first-order valence-corrected chi connectivity index (χ1v) is 9.03. The molecule has 1 aromatic carbocycles. The van der Waals surface area contributed by atoms with Gasteiger partial charge in [0.2, 0.25) is 0 Å². The monoisotopic (exact) mass is 337 g/mol. The Bertz CT molecular complexity index is 748. The number of fused-ring (bicyclic) bond motifs is 1. The van der Waals surface area contributed by atoms with Gasteiger partial charge in [-0.2, -0.15) is 0 Å². The molecule has 1 aliphatic heterocycles. The molecule has 1 aliphatic carbocycles. The van der Waals surface area contributed by atoms with Gasteiger partial charge in [-0.3, -0.25) is 4.79 Å². The van der Waals surface area contributed by atoms with E-state index in [1.807, 2.05) is 17.0 Å². The summed E-state index contributed by atoms with van der Waals surface area (Å²) in [5.41, 5.74) is 4.55. The van der Waals surface area contributed by atoms with Gasteiger partial charge in [0.05, 0.1) is 13.2 Å². The molecule has 0 spiro atoms. The van der Waals surface area contributed by atoms with Crippen molar-refractivity contribution >= 4 is 5.91 Å². The van der Waals surface area contributed by atoms with Crippen molar-refractivity contribution in [3.63, 3.8) is 0 Å². The van der Waals surface area contributed by atoms with Crippen LogP contribution in [0.1, 0.15) is 33.6 Å². The maximum Gasteiger partial charge on any atom is 0.253 e. The van der Waals surface area contributed by atoms with Crippen molar-refractivity contribution in [3.05, 3.63) is 59.2 Å². The van der Waals surface area contributed by atoms with Gasteiger partial charge < -0.3 is 9.64 Å². The normalized spacial score (nSPS) is 20.2. The summed E-state index contributed by atoms with van der Waals surface area (Å²) in [6.45, 7) is 2.62. The Morgan fingerprint density at radius 2 is 2.16 bits per heavy atom. The summed E-state index contributed by atoms with van der Waals surface area (Å²) in [6, 6.07) is 8.13. The first-order valence-electron chi connectivity index (χ1n) is 9.03.